The SMILES string of the molecule is CC1(C)C(=O)N(COCC[Si](C)(C)C)c2nc(-c3nn(Cc4ncc(F)cc4F)c4ncc(F)cc34)nnc21.CC1(C)C(=O)N(COCC[Si](C)(C)C)c2nc(C3=NCc4ncc(F)cc43)nnc21.COc1ccc(Cn2nc(-c3nnc4c(n3)N(COCC[Si](C)(C)C)C(=O)C4(C)C)c3cc(F)cnc32)cc1.COc1ccc(Cn2nc(-c3nnc4c(n3)NC(=O)C4(C)C)c3cc(F)cnc32)cc1.OCc1ncc(F)cc1F. The van der Waals surface area contributed by atoms with E-state index < -0.39 is 99.0 Å². The zero-order valence-electron chi connectivity index (χ0n) is 85.1. The number of amides is 4. The maximum Gasteiger partial charge on any atom is 0.242 e. The van der Waals surface area contributed by atoms with E-state index in [0.29, 0.717) is 142 Å². The fraction of sp³-hybridized carbons (Fsp3) is 0.374. The molecule has 20 rings (SSSR count). The smallest absolute Gasteiger partial charge is 0.242 e. The quantitative estimate of drug-likeness (QED) is 0.0261. The van der Waals surface area contributed by atoms with Crippen molar-refractivity contribution in [2.24, 2.45) is 4.99 Å². The first-order chi connectivity index (χ1) is 70.5. The van der Waals surface area contributed by atoms with Crippen LogP contribution in [0.4, 0.5) is 58.4 Å². The van der Waals surface area contributed by atoms with Crippen molar-refractivity contribution < 1.29 is 83.1 Å². The van der Waals surface area contributed by atoms with Crippen molar-refractivity contribution in [3.63, 3.8) is 0 Å². The van der Waals surface area contributed by atoms with Crippen LogP contribution in [0.15, 0.2) is 127 Å². The minimum absolute atomic E-state index is 0.00123. The number of fused-ring (bicyclic) bond motifs is 8. The van der Waals surface area contributed by atoms with Crippen LogP contribution in [0.2, 0.25) is 77.1 Å². The topological polar surface area (TPSA) is 454 Å². The number of aromatic nitrogens is 24. The number of anilines is 4. The predicted octanol–water partition coefficient (Wildman–Crippen LogP) is 14.8. The van der Waals surface area contributed by atoms with E-state index >= 15 is 0 Å². The standard InChI is InChI=1S/C27H32FN7O3Si.C25H27F3N8O2Si.C21H18FN7O2.C20H25FN6O2Si.C6H5F2NO/c1-27(2)22-25(34(26(27)36)16-38-11-12-39(4,5)6)30-23(32-31-22)21-20-13-18(28)14-29-24(20)35(33-21)15-17-7-9-19(37-3)10-8-17;1-25(2)20-23(35(24(25)37)13-38-6-7-39(3,4)5)31-21(33-32-20)19-16-8-14(26)11-30-22(16)36(34-19)12-18-17(28)9-15(27)10-29-18;1-21(2)16-18(25-20(21)30)24-17(27-26-16)15-14-8-12(22)9-23-19(14)29(28-15)10-11-4-6-13(31-3)7-5-11;1-20(2)16-18(27(19(20)28)11-29-6-7-30(3,4)5)24-17(26-25-16)15-13-8-12(21)9-22-14(13)10-23-15;7-4-1-5(8)6(3-10)9-2-4/h7-10,13-14H,11-12,15-16H2,1-6H3;8-11H,6-7,12-13H2,1-5H3;4-9H,10H2,1-3H3,(H,24,25,27,30);8-9H,6-7,10-11H2,1-5H3;1-2,10H,3H2. The zero-order chi connectivity index (χ0) is 107. The van der Waals surface area contributed by atoms with Crippen LogP contribution < -0.4 is 29.5 Å². The monoisotopic (exact) mass is 2100 g/mol. The number of aliphatic hydroxyl groups excluding tert-OH is 1. The van der Waals surface area contributed by atoms with Gasteiger partial charge in [-0.25, -0.2) is 84.1 Å². The second-order valence-electron chi connectivity index (χ2n) is 41.4. The number of rotatable bonds is 28. The van der Waals surface area contributed by atoms with E-state index in [9.17, 15) is 54.3 Å². The predicted molar refractivity (Wildman–Crippen MR) is 540 cm³/mol. The molecule has 39 nitrogen and oxygen atoms in total. The van der Waals surface area contributed by atoms with Crippen molar-refractivity contribution in [3.05, 3.63) is 231 Å². The molecule has 0 aliphatic carbocycles. The number of pyridine rings is 6. The molecule has 50 heteroatoms. The molecule has 5 aliphatic heterocycles. The molecule has 15 aromatic rings. The summed E-state index contributed by atoms with van der Waals surface area (Å²) < 4.78 is 141. The number of benzene rings is 2. The third kappa shape index (κ3) is 23.1. The Kier molecular flexibility index (Phi) is 30.5. The molecule has 0 unspecified atom stereocenters. The van der Waals surface area contributed by atoms with Gasteiger partial charge in [-0.15, -0.1) is 40.8 Å². The lowest BCUT2D eigenvalue weighted by Crippen LogP contribution is -2.38. The Morgan fingerprint density at radius 2 is 0.725 bits per heavy atom. The van der Waals surface area contributed by atoms with E-state index in [-0.39, 0.29) is 108 Å². The van der Waals surface area contributed by atoms with Crippen molar-refractivity contribution in [2.75, 3.05) is 74.2 Å². The van der Waals surface area contributed by atoms with Crippen LogP contribution in [-0.4, -0.2) is 233 Å². The van der Waals surface area contributed by atoms with Gasteiger partial charge in [-0.1, -0.05) is 83.2 Å². The van der Waals surface area contributed by atoms with Gasteiger partial charge in [-0.05, 0) is 133 Å². The summed E-state index contributed by atoms with van der Waals surface area (Å²) in [5, 5.41) is 60.1. The lowest BCUT2D eigenvalue weighted by Gasteiger charge is -2.21. The summed E-state index contributed by atoms with van der Waals surface area (Å²) in [6.45, 7) is 36.8. The first-order valence-corrected chi connectivity index (χ1v) is 58.4. The largest absolute Gasteiger partial charge is 0.497 e. The molecule has 13 aromatic heterocycles. The summed E-state index contributed by atoms with van der Waals surface area (Å²) >= 11 is 0. The van der Waals surface area contributed by atoms with Gasteiger partial charge in [0.2, 0.25) is 46.9 Å². The Bertz CT molecular complexity index is 7700. The number of nitrogens with zero attached hydrogens (tertiary/aromatic N) is 28. The lowest BCUT2D eigenvalue weighted by molar-refractivity contribution is -0.124. The summed E-state index contributed by atoms with van der Waals surface area (Å²) in [5.41, 5.74) is 3.60. The van der Waals surface area contributed by atoms with Crippen LogP contribution in [0.25, 0.3) is 67.7 Å². The summed E-state index contributed by atoms with van der Waals surface area (Å²) in [5.74, 6) is -2.50. The minimum Gasteiger partial charge on any atom is -0.497 e. The summed E-state index contributed by atoms with van der Waals surface area (Å²) in [7, 11) is -0.630. The number of aliphatic imine (C=N–C) groups is 1. The molecule has 776 valence electrons. The average molecular weight is 2100 g/mol. The van der Waals surface area contributed by atoms with Crippen molar-refractivity contribution in [1.82, 2.24) is 120 Å². The van der Waals surface area contributed by atoms with E-state index in [1.54, 1.807) is 79.0 Å². The highest BCUT2D eigenvalue weighted by Crippen LogP contribution is 2.45. The molecule has 0 saturated carbocycles. The molecule has 2 N–H and O–H groups in total. The number of halogens is 8. The van der Waals surface area contributed by atoms with Gasteiger partial charge in [0.15, 0.2) is 40.2 Å². The maximum absolute atomic E-state index is 14.3. The number of aliphatic hydroxyl groups is 1. The highest BCUT2D eigenvalue weighted by atomic mass is 28.3. The Hall–Kier alpha value is -15.1. The molecule has 2 aromatic carbocycles. The molecule has 0 atom stereocenters. The third-order valence-electron chi connectivity index (χ3n) is 24.9. The number of hydrogen-bond donors (Lipinski definition) is 2. The maximum atomic E-state index is 14.3. The van der Waals surface area contributed by atoms with E-state index in [0.717, 1.165) is 71.7 Å². The van der Waals surface area contributed by atoms with Crippen LogP contribution >= 0.6 is 0 Å². The van der Waals surface area contributed by atoms with Crippen molar-refractivity contribution in [1.29, 1.82) is 0 Å². The lowest BCUT2D eigenvalue weighted by atomic mass is 9.91. The molecule has 0 bridgehead atoms. The van der Waals surface area contributed by atoms with Gasteiger partial charge in [0, 0.05) is 61.7 Å². The molecule has 0 fully saturated rings. The number of carbonyl (C=O) groups is 4. The van der Waals surface area contributed by atoms with Crippen molar-refractivity contribution in [2.45, 2.75) is 187 Å². The molecular weight excluding hydrogens is 1990 g/mol. The molecule has 0 spiro atoms. The van der Waals surface area contributed by atoms with Crippen LogP contribution in [-0.2, 0) is 87.8 Å². The van der Waals surface area contributed by atoms with Gasteiger partial charge in [0.05, 0.1) is 133 Å². The molecular formula is C99H107F8N29O10Si3. The third-order valence-corrected chi connectivity index (χ3v) is 30.0. The number of hydrogen-bond acceptors (Lipinski definition) is 32. The van der Waals surface area contributed by atoms with Gasteiger partial charge in [-0.2, -0.15) is 15.3 Å². The van der Waals surface area contributed by atoms with Gasteiger partial charge in [0.1, 0.15) is 129 Å². The van der Waals surface area contributed by atoms with Crippen LogP contribution in [0.3, 0.4) is 0 Å². The summed E-state index contributed by atoms with van der Waals surface area (Å²) in [4.78, 5) is 103. The fourth-order valence-electron chi connectivity index (χ4n) is 16.1. The van der Waals surface area contributed by atoms with Gasteiger partial charge in [0.25, 0.3) is 0 Å². The Morgan fingerprint density at radius 1 is 0.389 bits per heavy atom. The van der Waals surface area contributed by atoms with Gasteiger partial charge < -0.3 is 34.1 Å². The molecule has 0 saturated heterocycles. The van der Waals surface area contributed by atoms with Gasteiger partial charge >= 0.3 is 0 Å². The second-order valence-corrected chi connectivity index (χ2v) is 58.2. The summed E-state index contributed by atoms with van der Waals surface area (Å²) in [6.07, 6.45) is 6.21. The Labute approximate surface area is 851 Å². The second kappa shape index (κ2) is 42.6. The molecule has 4 amide bonds. The zero-order valence-corrected chi connectivity index (χ0v) is 88.1. The van der Waals surface area contributed by atoms with Gasteiger partial charge in [-0.3, -0.25) is 53.8 Å². The number of carbonyl (C=O) groups excluding carboxylic acids is 4. The van der Waals surface area contributed by atoms with E-state index in [1.807, 2.05) is 48.5 Å². The Morgan fingerprint density at radius 3 is 1.10 bits per heavy atom. The molecule has 5 aliphatic rings. The van der Waals surface area contributed by atoms with Crippen molar-refractivity contribution >= 4 is 110 Å². The highest BCUT2D eigenvalue weighted by molar-refractivity contribution is 6.76. The average Bonchev–Trinajstić information content (AvgIpc) is 1.59. The molecule has 149 heavy (non-hydrogen) atoms. The molecule has 0 radical (unpaired) electrons. The fourth-order valence-corrected chi connectivity index (χ4v) is 18.4. The number of methoxy groups -OCH3 is 2. The Balaban J connectivity index is 0.000000138. The minimum atomic E-state index is -1.33. The van der Waals surface area contributed by atoms with E-state index in [4.69, 9.17) is 38.9 Å². The molecule has 18 heterocycles. The van der Waals surface area contributed by atoms with Crippen LogP contribution in [0, 0.1) is 46.5 Å². The van der Waals surface area contributed by atoms with Crippen LogP contribution in [0.1, 0.15) is 118 Å². The first-order valence-electron chi connectivity index (χ1n) is 47.3. The van der Waals surface area contributed by atoms with E-state index in [1.165, 1.54) is 49.8 Å². The van der Waals surface area contributed by atoms with E-state index in [2.05, 4.69) is 165 Å². The number of nitrogens with one attached hydrogen (secondary N) is 1. The number of ether oxygens (including phenoxy) is 5. The first kappa shape index (κ1) is 107. The summed E-state index contributed by atoms with van der Waals surface area (Å²) in [6, 6.07) is 24.7. The normalized spacial score (nSPS) is 14.9. The van der Waals surface area contributed by atoms with Crippen LogP contribution in [0.5, 0.6) is 11.5 Å². The van der Waals surface area contributed by atoms with Crippen molar-refractivity contribution in [3.8, 4) is 46.1 Å². The highest BCUT2D eigenvalue weighted by Gasteiger charge is 2.51.